The summed E-state index contributed by atoms with van der Waals surface area (Å²) in [6.07, 6.45) is 6.31. The van der Waals surface area contributed by atoms with E-state index in [4.69, 9.17) is 23.2 Å². The van der Waals surface area contributed by atoms with E-state index in [0.717, 1.165) is 19.5 Å². The summed E-state index contributed by atoms with van der Waals surface area (Å²) in [6, 6.07) is 6.03. The normalized spacial score (nSPS) is 17.5. The largest absolute Gasteiger partial charge is 0.316 e. The minimum Gasteiger partial charge on any atom is -0.316 e. The standard InChI is InChI=1S/C15H21Cl2N/c1-2-8-18-11-15(6-3-7-15)10-12-4-5-13(16)14(17)9-12/h4-5,9,18H,2-3,6-8,10-11H2,1H3. The van der Waals surface area contributed by atoms with E-state index in [-0.39, 0.29) is 0 Å². The molecular weight excluding hydrogens is 265 g/mol. The summed E-state index contributed by atoms with van der Waals surface area (Å²) in [4.78, 5) is 0. The van der Waals surface area contributed by atoms with Crippen LogP contribution in [0.25, 0.3) is 0 Å². The molecule has 1 N–H and O–H groups in total. The van der Waals surface area contributed by atoms with Gasteiger partial charge in [0.25, 0.3) is 0 Å². The first kappa shape index (κ1) is 14.2. The predicted molar refractivity (Wildman–Crippen MR) is 79.6 cm³/mol. The summed E-state index contributed by atoms with van der Waals surface area (Å²) in [6.45, 7) is 4.45. The Morgan fingerprint density at radius 2 is 2.00 bits per heavy atom. The van der Waals surface area contributed by atoms with Gasteiger partial charge in [-0.05, 0) is 55.3 Å². The topological polar surface area (TPSA) is 12.0 Å². The smallest absolute Gasteiger partial charge is 0.0595 e. The van der Waals surface area contributed by atoms with Crippen molar-refractivity contribution in [3.8, 4) is 0 Å². The predicted octanol–water partition coefficient (Wildman–Crippen LogP) is 4.71. The number of benzene rings is 1. The number of halogens is 2. The van der Waals surface area contributed by atoms with Crippen LogP contribution in [0.4, 0.5) is 0 Å². The van der Waals surface area contributed by atoms with Gasteiger partial charge >= 0.3 is 0 Å². The van der Waals surface area contributed by atoms with E-state index in [1.165, 1.54) is 31.2 Å². The third-order valence-electron chi connectivity index (χ3n) is 3.90. The molecule has 1 aliphatic carbocycles. The zero-order valence-corrected chi connectivity index (χ0v) is 12.4. The molecule has 1 nitrogen and oxygen atoms in total. The molecule has 0 saturated heterocycles. The first-order chi connectivity index (χ1) is 8.65. The minimum atomic E-state index is 0.451. The zero-order valence-electron chi connectivity index (χ0n) is 10.9. The van der Waals surface area contributed by atoms with Crippen LogP contribution in [0, 0.1) is 5.41 Å². The van der Waals surface area contributed by atoms with Crippen molar-refractivity contribution in [2.75, 3.05) is 13.1 Å². The molecule has 0 bridgehead atoms. The van der Waals surface area contributed by atoms with Gasteiger partial charge in [0.05, 0.1) is 10.0 Å². The molecule has 0 radical (unpaired) electrons. The van der Waals surface area contributed by atoms with Crippen LogP contribution in [0.3, 0.4) is 0 Å². The summed E-state index contributed by atoms with van der Waals surface area (Å²) < 4.78 is 0. The number of hydrogen-bond donors (Lipinski definition) is 1. The maximum absolute atomic E-state index is 6.08. The van der Waals surface area contributed by atoms with Gasteiger partial charge in [0.2, 0.25) is 0 Å². The molecule has 1 fully saturated rings. The van der Waals surface area contributed by atoms with Gasteiger partial charge in [-0.25, -0.2) is 0 Å². The van der Waals surface area contributed by atoms with Gasteiger partial charge in [0.15, 0.2) is 0 Å². The van der Waals surface area contributed by atoms with Crippen LogP contribution in [-0.2, 0) is 6.42 Å². The lowest BCUT2D eigenvalue weighted by molar-refractivity contribution is 0.130. The first-order valence-electron chi connectivity index (χ1n) is 6.80. The highest BCUT2D eigenvalue weighted by Crippen LogP contribution is 2.43. The molecule has 0 aromatic heterocycles. The van der Waals surface area contributed by atoms with Crippen LogP contribution in [0.1, 0.15) is 38.2 Å². The Kier molecular flexibility index (Phi) is 4.94. The van der Waals surface area contributed by atoms with Gasteiger partial charge in [-0.3, -0.25) is 0 Å². The second-order valence-electron chi connectivity index (χ2n) is 5.46. The molecular formula is C15H21Cl2N. The van der Waals surface area contributed by atoms with Crippen LogP contribution in [0.15, 0.2) is 18.2 Å². The molecule has 0 aliphatic heterocycles. The lowest BCUT2D eigenvalue weighted by atomic mass is 9.65. The summed E-state index contributed by atoms with van der Waals surface area (Å²) in [5.74, 6) is 0. The molecule has 1 aromatic rings. The Morgan fingerprint density at radius 1 is 1.22 bits per heavy atom. The molecule has 0 atom stereocenters. The third kappa shape index (κ3) is 3.40. The SMILES string of the molecule is CCCNCC1(Cc2ccc(Cl)c(Cl)c2)CCC1. The van der Waals surface area contributed by atoms with E-state index in [0.29, 0.717) is 15.5 Å². The second kappa shape index (κ2) is 6.27. The Morgan fingerprint density at radius 3 is 2.56 bits per heavy atom. The molecule has 18 heavy (non-hydrogen) atoms. The van der Waals surface area contributed by atoms with Gasteiger partial charge < -0.3 is 5.32 Å². The molecule has 0 unspecified atom stereocenters. The van der Waals surface area contributed by atoms with Crippen LogP contribution in [-0.4, -0.2) is 13.1 Å². The van der Waals surface area contributed by atoms with E-state index in [1.807, 2.05) is 12.1 Å². The van der Waals surface area contributed by atoms with Gasteiger partial charge in [-0.15, -0.1) is 0 Å². The van der Waals surface area contributed by atoms with Crippen molar-refractivity contribution in [1.82, 2.24) is 5.32 Å². The van der Waals surface area contributed by atoms with Crippen molar-refractivity contribution in [1.29, 1.82) is 0 Å². The molecule has 1 aromatic carbocycles. The quantitative estimate of drug-likeness (QED) is 0.747. The third-order valence-corrected chi connectivity index (χ3v) is 4.64. The van der Waals surface area contributed by atoms with E-state index in [2.05, 4.69) is 18.3 Å². The van der Waals surface area contributed by atoms with Crippen molar-refractivity contribution in [3.05, 3.63) is 33.8 Å². The van der Waals surface area contributed by atoms with Crippen molar-refractivity contribution in [3.63, 3.8) is 0 Å². The number of nitrogens with one attached hydrogen (secondary N) is 1. The average molecular weight is 286 g/mol. The summed E-state index contributed by atoms with van der Waals surface area (Å²) in [5.41, 5.74) is 1.76. The lowest BCUT2D eigenvalue weighted by Crippen LogP contribution is -2.41. The van der Waals surface area contributed by atoms with Gasteiger partial charge in [0, 0.05) is 6.54 Å². The van der Waals surface area contributed by atoms with Crippen molar-refractivity contribution >= 4 is 23.2 Å². The van der Waals surface area contributed by atoms with Crippen molar-refractivity contribution < 1.29 is 0 Å². The molecule has 0 spiro atoms. The molecule has 2 rings (SSSR count). The van der Waals surface area contributed by atoms with E-state index in [1.54, 1.807) is 0 Å². The van der Waals surface area contributed by atoms with E-state index >= 15 is 0 Å². The fraction of sp³-hybridized carbons (Fsp3) is 0.600. The van der Waals surface area contributed by atoms with E-state index < -0.39 is 0 Å². The minimum absolute atomic E-state index is 0.451. The number of rotatable bonds is 6. The Labute approximate surface area is 120 Å². The van der Waals surface area contributed by atoms with Crippen molar-refractivity contribution in [2.24, 2.45) is 5.41 Å². The maximum atomic E-state index is 6.08. The van der Waals surface area contributed by atoms with Crippen LogP contribution in [0.5, 0.6) is 0 Å². The second-order valence-corrected chi connectivity index (χ2v) is 6.27. The molecule has 0 heterocycles. The fourth-order valence-corrected chi connectivity index (χ4v) is 3.03. The first-order valence-corrected chi connectivity index (χ1v) is 7.55. The Balaban J connectivity index is 1.98. The van der Waals surface area contributed by atoms with Gasteiger partial charge in [-0.1, -0.05) is 42.6 Å². The molecule has 1 saturated carbocycles. The summed E-state index contributed by atoms with van der Waals surface area (Å²) in [7, 11) is 0. The van der Waals surface area contributed by atoms with Crippen LogP contribution in [0.2, 0.25) is 10.0 Å². The summed E-state index contributed by atoms with van der Waals surface area (Å²) >= 11 is 12.0. The fourth-order valence-electron chi connectivity index (χ4n) is 2.71. The van der Waals surface area contributed by atoms with Crippen LogP contribution < -0.4 is 5.32 Å². The Hall–Kier alpha value is -0.240. The van der Waals surface area contributed by atoms with Gasteiger partial charge in [-0.2, -0.15) is 0 Å². The maximum Gasteiger partial charge on any atom is 0.0595 e. The zero-order chi connectivity index (χ0) is 13.0. The molecule has 1 aliphatic rings. The Bertz CT molecular complexity index is 399. The van der Waals surface area contributed by atoms with Crippen molar-refractivity contribution in [2.45, 2.75) is 39.0 Å². The highest BCUT2D eigenvalue weighted by Gasteiger charge is 2.36. The van der Waals surface area contributed by atoms with Crippen LogP contribution >= 0.6 is 23.2 Å². The van der Waals surface area contributed by atoms with Gasteiger partial charge in [0.1, 0.15) is 0 Å². The highest BCUT2D eigenvalue weighted by molar-refractivity contribution is 6.42. The molecule has 100 valence electrons. The average Bonchev–Trinajstić information content (AvgIpc) is 2.31. The van der Waals surface area contributed by atoms with E-state index in [9.17, 15) is 0 Å². The monoisotopic (exact) mass is 285 g/mol. The number of hydrogen-bond acceptors (Lipinski definition) is 1. The highest BCUT2D eigenvalue weighted by atomic mass is 35.5. The summed E-state index contributed by atoms with van der Waals surface area (Å²) in [5, 5.41) is 4.88. The molecule has 0 amide bonds. The lowest BCUT2D eigenvalue weighted by Gasteiger charge is -2.42. The molecule has 3 heteroatoms.